The molecule has 0 fully saturated rings. The van der Waals surface area contributed by atoms with E-state index in [1.54, 1.807) is 42.5 Å². The Labute approximate surface area is 154 Å². The lowest BCUT2D eigenvalue weighted by Gasteiger charge is -2.05. The molecule has 2 aromatic heterocycles. The van der Waals surface area contributed by atoms with Crippen molar-refractivity contribution in [1.29, 1.82) is 0 Å². The summed E-state index contributed by atoms with van der Waals surface area (Å²) >= 11 is 0. The number of fused-ring (bicyclic) bond motifs is 1. The van der Waals surface area contributed by atoms with E-state index >= 15 is 0 Å². The number of nitrogens with one attached hydrogen (secondary N) is 1. The average molecular weight is 382 g/mol. The summed E-state index contributed by atoms with van der Waals surface area (Å²) in [5.41, 5.74) is 1.13. The zero-order valence-corrected chi connectivity index (χ0v) is 14.6. The monoisotopic (exact) mass is 382 g/mol. The minimum absolute atomic E-state index is 0.00352. The third-order valence-electron chi connectivity index (χ3n) is 4.03. The summed E-state index contributed by atoms with van der Waals surface area (Å²) in [4.78, 5) is 4.22. The topological polar surface area (TPSA) is 113 Å². The van der Waals surface area contributed by atoms with Crippen LogP contribution in [0.5, 0.6) is 11.5 Å². The largest absolute Gasteiger partial charge is 0.502 e. The molecule has 4 rings (SSSR count). The van der Waals surface area contributed by atoms with Gasteiger partial charge in [0.15, 0.2) is 5.76 Å². The van der Waals surface area contributed by atoms with Gasteiger partial charge in [0.05, 0.1) is 10.4 Å². The van der Waals surface area contributed by atoms with Crippen molar-refractivity contribution in [2.45, 2.75) is 4.90 Å². The molecule has 0 atom stereocenters. The van der Waals surface area contributed by atoms with E-state index in [1.807, 2.05) is 6.07 Å². The number of pyridine rings is 1. The highest BCUT2D eigenvalue weighted by Crippen LogP contribution is 2.47. The number of para-hydroxylation sites is 1. The lowest BCUT2D eigenvalue weighted by molar-refractivity contribution is 0.410. The van der Waals surface area contributed by atoms with Crippen LogP contribution in [0.2, 0.25) is 0 Å². The Morgan fingerprint density at radius 1 is 0.889 bits per heavy atom. The summed E-state index contributed by atoms with van der Waals surface area (Å²) < 4.78 is 32.5. The molecular weight excluding hydrogens is 368 g/mol. The third-order valence-corrected chi connectivity index (χ3v) is 5.38. The van der Waals surface area contributed by atoms with Gasteiger partial charge < -0.3 is 14.6 Å². The Hall–Kier alpha value is -3.52. The Morgan fingerprint density at radius 2 is 1.59 bits per heavy atom. The first-order valence-electron chi connectivity index (χ1n) is 7.94. The van der Waals surface area contributed by atoms with Crippen molar-refractivity contribution < 1.29 is 23.0 Å². The zero-order chi connectivity index (χ0) is 19.0. The van der Waals surface area contributed by atoms with Gasteiger partial charge in [-0.15, -0.1) is 0 Å². The molecule has 0 amide bonds. The fourth-order valence-corrected chi connectivity index (χ4v) is 3.76. The highest BCUT2D eigenvalue weighted by atomic mass is 32.2. The van der Waals surface area contributed by atoms with Crippen LogP contribution < -0.4 is 4.72 Å². The number of nitrogens with zero attached hydrogens (tertiary/aromatic N) is 1. The zero-order valence-electron chi connectivity index (χ0n) is 13.8. The fraction of sp³-hybridized carbons (Fsp3) is 0. The molecule has 0 unspecified atom stereocenters. The van der Waals surface area contributed by atoms with Crippen molar-refractivity contribution >= 4 is 26.8 Å². The first-order valence-corrected chi connectivity index (χ1v) is 9.42. The molecule has 7 nitrogen and oxygen atoms in total. The van der Waals surface area contributed by atoms with Crippen LogP contribution in [0.25, 0.3) is 22.2 Å². The van der Waals surface area contributed by atoms with E-state index in [0.717, 1.165) is 0 Å². The van der Waals surface area contributed by atoms with Crippen molar-refractivity contribution in [3.8, 4) is 22.8 Å². The van der Waals surface area contributed by atoms with Crippen LogP contribution >= 0.6 is 0 Å². The first-order chi connectivity index (χ1) is 13.0. The van der Waals surface area contributed by atoms with E-state index < -0.39 is 27.4 Å². The minimum Gasteiger partial charge on any atom is -0.502 e. The van der Waals surface area contributed by atoms with E-state index in [4.69, 9.17) is 4.42 Å². The number of hydrogen-bond acceptors (Lipinski definition) is 6. The van der Waals surface area contributed by atoms with Gasteiger partial charge in [0.2, 0.25) is 11.5 Å². The Balaban J connectivity index is 1.80. The Morgan fingerprint density at radius 3 is 2.37 bits per heavy atom. The number of aromatic nitrogens is 1. The molecule has 27 heavy (non-hydrogen) atoms. The number of anilines is 1. The summed E-state index contributed by atoms with van der Waals surface area (Å²) in [7, 11) is -3.99. The van der Waals surface area contributed by atoms with Crippen LogP contribution in [-0.4, -0.2) is 23.6 Å². The van der Waals surface area contributed by atoms with Crippen LogP contribution in [0.15, 0.2) is 76.2 Å². The maximum atomic E-state index is 12.4. The molecule has 0 aliphatic carbocycles. The van der Waals surface area contributed by atoms with E-state index in [9.17, 15) is 18.6 Å². The second-order valence-corrected chi connectivity index (χ2v) is 7.43. The van der Waals surface area contributed by atoms with E-state index in [1.165, 1.54) is 18.3 Å². The van der Waals surface area contributed by atoms with Crippen LogP contribution in [0.4, 0.5) is 5.88 Å². The molecule has 0 aliphatic heterocycles. The molecule has 136 valence electrons. The van der Waals surface area contributed by atoms with E-state index in [2.05, 4.69) is 9.71 Å². The van der Waals surface area contributed by atoms with Gasteiger partial charge in [-0.05, 0) is 24.3 Å². The van der Waals surface area contributed by atoms with Gasteiger partial charge in [-0.25, -0.2) is 13.1 Å². The molecule has 2 heterocycles. The highest BCUT2D eigenvalue weighted by Gasteiger charge is 2.26. The maximum absolute atomic E-state index is 12.4. The van der Waals surface area contributed by atoms with Crippen molar-refractivity contribution in [3.05, 3.63) is 66.9 Å². The molecule has 0 bridgehead atoms. The highest BCUT2D eigenvalue weighted by molar-refractivity contribution is 7.92. The molecule has 0 radical (unpaired) electrons. The third kappa shape index (κ3) is 2.96. The molecule has 0 spiro atoms. The molecule has 8 heteroatoms. The molecule has 0 saturated carbocycles. The van der Waals surface area contributed by atoms with Gasteiger partial charge in [0.25, 0.3) is 15.9 Å². The first kappa shape index (κ1) is 16.9. The van der Waals surface area contributed by atoms with Crippen LogP contribution in [0, 0.1) is 0 Å². The van der Waals surface area contributed by atoms with E-state index in [0.29, 0.717) is 16.5 Å². The number of sulfonamides is 1. The minimum atomic E-state index is -3.99. The summed E-state index contributed by atoms with van der Waals surface area (Å²) in [5.74, 6) is -1.77. The smallest absolute Gasteiger partial charge is 0.264 e. The number of aromatic hydroxyl groups is 2. The maximum Gasteiger partial charge on any atom is 0.264 e. The van der Waals surface area contributed by atoms with Crippen molar-refractivity contribution in [1.82, 2.24) is 4.98 Å². The van der Waals surface area contributed by atoms with Crippen LogP contribution in [0.1, 0.15) is 0 Å². The number of furan rings is 1. The second-order valence-electron chi connectivity index (χ2n) is 5.75. The van der Waals surface area contributed by atoms with Crippen LogP contribution in [-0.2, 0) is 10.0 Å². The van der Waals surface area contributed by atoms with Crippen LogP contribution in [0.3, 0.4) is 0 Å². The summed E-state index contributed by atoms with van der Waals surface area (Å²) in [6, 6.07) is 16.4. The SMILES string of the molecule is O=S(=O)(Nc1oc(-c2ccnc3ccccc23)c(O)c1O)c1ccccc1. The normalized spacial score (nSPS) is 11.6. The Bertz CT molecular complexity index is 1230. The van der Waals surface area contributed by atoms with Gasteiger partial charge in [-0.1, -0.05) is 36.4 Å². The number of benzene rings is 2. The van der Waals surface area contributed by atoms with Gasteiger partial charge in [0.1, 0.15) is 0 Å². The molecule has 3 N–H and O–H groups in total. The summed E-state index contributed by atoms with van der Waals surface area (Å²) in [6.45, 7) is 0. The quantitative estimate of drug-likeness (QED) is 0.496. The number of hydrogen-bond donors (Lipinski definition) is 3. The Kier molecular flexibility index (Phi) is 3.97. The predicted octanol–water partition coefficient (Wildman–Crippen LogP) is 3.71. The van der Waals surface area contributed by atoms with Crippen molar-refractivity contribution in [3.63, 3.8) is 0 Å². The summed E-state index contributed by atoms with van der Waals surface area (Å²) in [6.07, 6.45) is 1.53. The molecule has 4 aromatic rings. The van der Waals surface area contributed by atoms with Gasteiger partial charge in [-0.2, -0.15) is 0 Å². The van der Waals surface area contributed by atoms with Gasteiger partial charge in [0, 0.05) is 17.1 Å². The molecular formula is C19H14N2O5S. The fourth-order valence-electron chi connectivity index (χ4n) is 2.74. The molecule has 0 aliphatic rings. The molecule has 2 aromatic carbocycles. The lowest BCUT2D eigenvalue weighted by Crippen LogP contribution is -2.12. The van der Waals surface area contributed by atoms with Crippen molar-refractivity contribution in [2.75, 3.05) is 4.72 Å². The van der Waals surface area contributed by atoms with Crippen molar-refractivity contribution in [2.24, 2.45) is 0 Å². The number of rotatable bonds is 4. The van der Waals surface area contributed by atoms with Gasteiger partial charge >= 0.3 is 0 Å². The molecule has 0 saturated heterocycles. The average Bonchev–Trinajstić information content (AvgIpc) is 2.96. The summed E-state index contributed by atoms with van der Waals surface area (Å²) in [5, 5.41) is 21.2. The lowest BCUT2D eigenvalue weighted by atomic mass is 10.1. The predicted molar refractivity (Wildman–Crippen MR) is 100 cm³/mol. The van der Waals surface area contributed by atoms with Gasteiger partial charge in [-0.3, -0.25) is 4.98 Å². The second kappa shape index (κ2) is 6.33. The standard InChI is InChI=1S/C19H14N2O5S/c22-16-17(23)19(21-27(24,25)12-6-2-1-3-7-12)26-18(16)14-10-11-20-15-9-5-4-8-13(14)15/h1-11,21-23H. The van der Waals surface area contributed by atoms with E-state index in [-0.39, 0.29) is 10.7 Å².